The van der Waals surface area contributed by atoms with E-state index in [1.54, 1.807) is 17.9 Å². The molecule has 0 saturated heterocycles. The minimum absolute atomic E-state index is 0.0273. The smallest absolute Gasteiger partial charge is 0.291 e. The van der Waals surface area contributed by atoms with Crippen LogP contribution in [0.1, 0.15) is 35.5 Å². The molecule has 0 unspecified atom stereocenters. The van der Waals surface area contributed by atoms with Crippen molar-refractivity contribution in [3.05, 3.63) is 65.4 Å². The number of nitrogens with one attached hydrogen (secondary N) is 1. The molecule has 0 fully saturated rings. The van der Waals surface area contributed by atoms with Crippen molar-refractivity contribution >= 4 is 28.5 Å². The molecule has 26 heavy (non-hydrogen) atoms. The van der Waals surface area contributed by atoms with E-state index in [1.807, 2.05) is 56.3 Å². The summed E-state index contributed by atoms with van der Waals surface area (Å²) in [5, 5.41) is 3.76. The van der Waals surface area contributed by atoms with Crippen molar-refractivity contribution in [3.63, 3.8) is 0 Å². The first-order valence-corrected chi connectivity index (χ1v) is 8.62. The highest BCUT2D eigenvalue weighted by Crippen LogP contribution is 2.22. The predicted octanol–water partition coefficient (Wildman–Crippen LogP) is 4.36. The highest BCUT2D eigenvalue weighted by Gasteiger charge is 2.13. The van der Waals surface area contributed by atoms with Gasteiger partial charge < -0.3 is 14.6 Å². The van der Waals surface area contributed by atoms with Gasteiger partial charge in [-0.15, -0.1) is 0 Å². The zero-order chi connectivity index (χ0) is 18.7. The number of benzene rings is 2. The molecule has 1 aromatic heterocycles. The van der Waals surface area contributed by atoms with Crippen molar-refractivity contribution in [1.82, 2.24) is 4.90 Å². The fraction of sp³-hybridized carbons (Fsp3) is 0.238. The molecule has 0 aliphatic heterocycles. The average Bonchev–Trinajstić information content (AvgIpc) is 3.03. The molecule has 5 nitrogen and oxygen atoms in total. The third kappa shape index (κ3) is 3.94. The van der Waals surface area contributed by atoms with Crippen LogP contribution < -0.4 is 5.32 Å². The van der Waals surface area contributed by atoms with Crippen molar-refractivity contribution in [3.8, 4) is 0 Å². The quantitative estimate of drug-likeness (QED) is 0.743. The third-order valence-electron chi connectivity index (χ3n) is 4.28. The second-order valence-corrected chi connectivity index (χ2v) is 6.34. The molecule has 0 saturated carbocycles. The van der Waals surface area contributed by atoms with E-state index >= 15 is 0 Å². The van der Waals surface area contributed by atoms with Gasteiger partial charge in [-0.3, -0.25) is 9.59 Å². The highest BCUT2D eigenvalue weighted by atomic mass is 16.3. The Hall–Kier alpha value is -3.08. The van der Waals surface area contributed by atoms with E-state index in [4.69, 9.17) is 4.42 Å². The number of anilines is 1. The lowest BCUT2D eigenvalue weighted by molar-refractivity contribution is -0.129. The van der Waals surface area contributed by atoms with Gasteiger partial charge in [0, 0.05) is 31.1 Å². The molecule has 3 rings (SSSR count). The molecule has 0 aliphatic carbocycles. The number of hydrogen-bond donors (Lipinski definition) is 1. The number of nitrogens with zero attached hydrogens (tertiary/aromatic N) is 1. The molecule has 0 spiro atoms. The zero-order valence-corrected chi connectivity index (χ0v) is 15.2. The molecule has 134 valence electrons. The zero-order valence-electron chi connectivity index (χ0n) is 15.2. The van der Waals surface area contributed by atoms with Crippen LogP contribution in [0.5, 0.6) is 0 Å². The molecule has 2 amide bonds. The number of fused-ring (bicyclic) bond motifs is 1. The summed E-state index contributed by atoms with van der Waals surface area (Å²) in [7, 11) is 0. The first kappa shape index (κ1) is 17.7. The molecule has 0 bridgehead atoms. The normalized spacial score (nSPS) is 10.7. The van der Waals surface area contributed by atoms with Crippen LogP contribution in [0.4, 0.5) is 5.69 Å². The van der Waals surface area contributed by atoms with Crippen LogP contribution in [-0.4, -0.2) is 23.3 Å². The molecular weight excluding hydrogens is 328 g/mol. The van der Waals surface area contributed by atoms with Gasteiger partial charge in [0.15, 0.2) is 5.76 Å². The van der Waals surface area contributed by atoms with Gasteiger partial charge in [0.25, 0.3) is 5.91 Å². The van der Waals surface area contributed by atoms with E-state index < -0.39 is 0 Å². The number of carbonyl (C=O) groups is 2. The Morgan fingerprint density at radius 2 is 1.92 bits per heavy atom. The number of carbonyl (C=O) groups excluding carboxylic acids is 2. The standard InChI is InChI=1S/C21H22N2O3/c1-4-23(15(3)24)13-16-6-5-7-18(11-16)22-21(25)20-12-17-10-14(2)8-9-19(17)26-20/h5-12H,4,13H2,1-3H3,(H,22,25). The second kappa shape index (κ2) is 7.44. The summed E-state index contributed by atoms with van der Waals surface area (Å²) in [5.41, 5.74) is 3.43. The minimum Gasteiger partial charge on any atom is -0.451 e. The Bertz CT molecular complexity index is 959. The SMILES string of the molecule is CCN(Cc1cccc(NC(=O)c2cc3cc(C)ccc3o2)c1)C(C)=O. The van der Waals surface area contributed by atoms with E-state index in [1.165, 1.54) is 0 Å². The highest BCUT2D eigenvalue weighted by molar-refractivity contribution is 6.04. The fourth-order valence-electron chi connectivity index (χ4n) is 2.88. The topological polar surface area (TPSA) is 62.6 Å². The van der Waals surface area contributed by atoms with E-state index in [9.17, 15) is 9.59 Å². The number of aryl methyl sites for hydroxylation is 1. The summed E-state index contributed by atoms with van der Waals surface area (Å²) in [6.45, 7) is 6.65. The lowest BCUT2D eigenvalue weighted by atomic mass is 10.1. The van der Waals surface area contributed by atoms with Gasteiger partial charge in [0.05, 0.1) is 0 Å². The van der Waals surface area contributed by atoms with E-state index in [2.05, 4.69) is 5.32 Å². The summed E-state index contributed by atoms with van der Waals surface area (Å²) >= 11 is 0. The van der Waals surface area contributed by atoms with Gasteiger partial charge in [0.1, 0.15) is 5.58 Å². The van der Waals surface area contributed by atoms with Gasteiger partial charge in [-0.2, -0.15) is 0 Å². The largest absolute Gasteiger partial charge is 0.451 e. The Morgan fingerprint density at radius 1 is 1.12 bits per heavy atom. The van der Waals surface area contributed by atoms with Gasteiger partial charge in [-0.05, 0) is 49.7 Å². The van der Waals surface area contributed by atoms with E-state index in [0.717, 1.165) is 16.5 Å². The first-order valence-electron chi connectivity index (χ1n) is 8.62. The van der Waals surface area contributed by atoms with Gasteiger partial charge in [-0.1, -0.05) is 23.8 Å². The molecular formula is C21H22N2O3. The minimum atomic E-state index is -0.296. The molecule has 0 radical (unpaired) electrons. The maximum Gasteiger partial charge on any atom is 0.291 e. The Morgan fingerprint density at radius 3 is 2.65 bits per heavy atom. The van der Waals surface area contributed by atoms with Crippen molar-refractivity contribution in [2.24, 2.45) is 0 Å². The maximum atomic E-state index is 12.5. The van der Waals surface area contributed by atoms with Crippen LogP contribution in [0.3, 0.4) is 0 Å². The van der Waals surface area contributed by atoms with Crippen molar-refractivity contribution in [2.45, 2.75) is 27.3 Å². The number of rotatable bonds is 5. The third-order valence-corrected chi connectivity index (χ3v) is 4.28. The van der Waals surface area contributed by atoms with E-state index in [-0.39, 0.29) is 17.6 Å². The van der Waals surface area contributed by atoms with Gasteiger partial charge in [0.2, 0.25) is 5.91 Å². The predicted molar refractivity (Wildman–Crippen MR) is 102 cm³/mol. The summed E-state index contributed by atoms with van der Waals surface area (Å²) in [6.07, 6.45) is 0. The van der Waals surface area contributed by atoms with Crippen LogP contribution in [0.25, 0.3) is 11.0 Å². The number of amides is 2. The lowest BCUT2D eigenvalue weighted by Crippen LogP contribution is -2.27. The Labute approximate surface area is 152 Å². The fourth-order valence-corrected chi connectivity index (χ4v) is 2.88. The number of hydrogen-bond acceptors (Lipinski definition) is 3. The number of furan rings is 1. The molecule has 3 aromatic rings. The van der Waals surface area contributed by atoms with E-state index in [0.29, 0.717) is 24.4 Å². The van der Waals surface area contributed by atoms with Crippen molar-refractivity contribution in [1.29, 1.82) is 0 Å². The second-order valence-electron chi connectivity index (χ2n) is 6.34. The van der Waals surface area contributed by atoms with Crippen LogP contribution in [0.15, 0.2) is 52.9 Å². The molecule has 1 heterocycles. The molecule has 0 atom stereocenters. The molecule has 0 aliphatic rings. The molecule has 1 N–H and O–H groups in total. The average molecular weight is 350 g/mol. The molecule has 2 aromatic carbocycles. The summed E-state index contributed by atoms with van der Waals surface area (Å²) < 4.78 is 5.64. The van der Waals surface area contributed by atoms with Crippen LogP contribution in [0.2, 0.25) is 0 Å². The van der Waals surface area contributed by atoms with Crippen LogP contribution >= 0.6 is 0 Å². The first-order chi connectivity index (χ1) is 12.5. The monoisotopic (exact) mass is 350 g/mol. The van der Waals surface area contributed by atoms with Crippen LogP contribution in [-0.2, 0) is 11.3 Å². The molecule has 5 heteroatoms. The maximum absolute atomic E-state index is 12.5. The van der Waals surface area contributed by atoms with Gasteiger partial charge in [-0.25, -0.2) is 0 Å². The van der Waals surface area contributed by atoms with Gasteiger partial charge >= 0.3 is 0 Å². The van der Waals surface area contributed by atoms with Crippen molar-refractivity contribution in [2.75, 3.05) is 11.9 Å². The Kier molecular flexibility index (Phi) is 5.07. The van der Waals surface area contributed by atoms with Crippen LogP contribution in [0, 0.1) is 6.92 Å². The summed E-state index contributed by atoms with van der Waals surface area (Å²) in [4.78, 5) is 25.8. The summed E-state index contributed by atoms with van der Waals surface area (Å²) in [5.74, 6) is 0.00403. The van der Waals surface area contributed by atoms with Crippen molar-refractivity contribution < 1.29 is 14.0 Å². The Balaban J connectivity index is 1.76. The summed E-state index contributed by atoms with van der Waals surface area (Å²) in [6, 6.07) is 15.0. The lowest BCUT2D eigenvalue weighted by Gasteiger charge is -2.19.